The smallest absolute Gasteiger partial charge is 0.296 e. The first-order valence-electron chi connectivity index (χ1n) is 5.76. The van der Waals surface area contributed by atoms with Crippen molar-refractivity contribution in [2.24, 2.45) is 0 Å². The number of anilines is 2. The number of methoxy groups -OCH3 is 1. The third-order valence-corrected chi connectivity index (χ3v) is 2.62. The zero-order chi connectivity index (χ0) is 13.0. The first-order chi connectivity index (χ1) is 8.74. The second kappa shape index (κ2) is 5.70. The molecule has 0 radical (unpaired) electrons. The van der Waals surface area contributed by atoms with Gasteiger partial charge in [0.25, 0.3) is 6.01 Å². The number of nitrogens with zero attached hydrogens (tertiary/aromatic N) is 1. The highest BCUT2D eigenvalue weighted by atomic mass is 16.5. The Morgan fingerprint density at radius 3 is 3.06 bits per heavy atom. The predicted molar refractivity (Wildman–Crippen MR) is 69.4 cm³/mol. The number of aliphatic hydroxyl groups is 1. The van der Waals surface area contributed by atoms with Crippen molar-refractivity contribution < 1.29 is 14.3 Å². The van der Waals surface area contributed by atoms with Gasteiger partial charge in [0, 0.05) is 13.7 Å². The Bertz CT molecular complexity index is 506. The van der Waals surface area contributed by atoms with E-state index in [0.717, 1.165) is 0 Å². The van der Waals surface area contributed by atoms with E-state index < -0.39 is 0 Å². The molecule has 0 aliphatic heterocycles. The van der Waals surface area contributed by atoms with E-state index in [1.165, 1.54) is 0 Å². The summed E-state index contributed by atoms with van der Waals surface area (Å²) in [6, 6.07) is 5.73. The molecule has 6 nitrogen and oxygen atoms in total. The first-order valence-corrected chi connectivity index (χ1v) is 5.76. The lowest BCUT2D eigenvalue weighted by atomic mass is 10.2. The minimum absolute atomic E-state index is 0.0470. The van der Waals surface area contributed by atoms with Gasteiger partial charge >= 0.3 is 0 Å². The van der Waals surface area contributed by atoms with Crippen LogP contribution >= 0.6 is 0 Å². The van der Waals surface area contributed by atoms with E-state index in [4.69, 9.17) is 20.0 Å². The molecule has 0 fully saturated rings. The van der Waals surface area contributed by atoms with Crippen molar-refractivity contribution in [3.05, 3.63) is 18.2 Å². The van der Waals surface area contributed by atoms with E-state index in [1.54, 1.807) is 19.2 Å². The van der Waals surface area contributed by atoms with Crippen LogP contribution < -0.4 is 11.1 Å². The highest BCUT2D eigenvalue weighted by Gasteiger charge is 2.13. The quantitative estimate of drug-likeness (QED) is 0.668. The Hall–Kier alpha value is -1.79. The van der Waals surface area contributed by atoms with Gasteiger partial charge < -0.3 is 25.3 Å². The standard InChI is InChI=1S/C12H17N3O3/c1-17-7-8(5-6-16)14-12-15-11-9(13)3-2-4-10(11)18-12/h2-4,8,16H,5-7,13H2,1H3,(H,14,15). The molecule has 0 saturated carbocycles. The molecule has 6 heteroatoms. The average Bonchev–Trinajstić information content (AvgIpc) is 2.74. The summed E-state index contributed by atoms with van der Waals surface area (Å²) in [6.07, 6.45) is 0.558. The van der Waals surface area contributed by atoms with Gasteiger partial charge in [-0.15, -0.1) is 0 Å². The molecule has 4 N–H and O–H groups in total. The molecule has 0 saturated heterocycles. The third kappa shape index (κ3) is 2.72. The van der Waals surface area contributed by atoms with Gasteiger partial charge in [0.05, 0.1) is 18.3 Å². The monoisotopic (exact) mass is 251 g/mol. The number of aliphatic hydroxyl groups excluding tert-OH is 1. The fraction of sp³-hybridized carbons (Fsp3) is 0.417. The van der Waals surface area contributed by atoms with Crippen LogP contribution in [-0.4, -0.2) is 36.5 Å². The lowest BCUT2D eigenvalue weighted by Crippen LogP contribution is -2.26. The van der Waals surface area contributed by atoms with Crippen LogP contribution in [0, 0.1) is 0 Å². The average molecular weight is 251 g/mol. The molecule has 0 aliphatic carbocycles. The van der Waals surface area contributed by atoms with Crippen molar-refractivity contribution in [3.8, 4) is 0 Å². The lowest BCUT2D eigenvalue weighted by molar-refractivity contribution is 0.169. The Labute approximate surface area is 105 Å². The highest BCUT2D eigenvalue weighted by molar-refractivity contribution is 5.86. The minimum Gasteiger partial charge on any atom is -0.423 e. The van der Waals surface area contributed by atoms with E-state index in [0.29, 0.717) is 35.8 Å². The molecule has 1 aromatic heterocycles. The van der Waals surface area contributed by atoms with Crippen LogP contribution in [-0.2, 0) is 4.74 Å². The fourth-order valence-electron chi connectivity index (χ4n) is 1.76. The lowest BCUT2D eigenvalue weighted by Gasteiger charge is -2.14. The third-order valence-electron chi connectivity index (χ3n) is 2.62. The van der Waals surface area contributed by atoms with E-state index >= 15 is 0 Å². The van der Waals surface area contributed by atoms with E-state index in [-0.39, 0.29) is 12.6 Å². The van der Waals surface area contributed by atoms with E-state index in [2.05, 4.69) is 10.3 Å². The molecule has 0 amide bonds. The number of aromatic nitrogens is 1. The predicted octanol–water partition coefficient (Wildman–Crippen LogP) is 1.22. The molecular formula is C12H17N3O3. The summed E-state index contributed by atoms with van der Waals surface area (Å²) in [5.74, 6) is 0. The Balaban J connectivity index is 2.17. The number of nitrogens with one attached hydrogen (secondary N) is 1. The molecule has 0 spiro atoms. The maximum absolute atomic E-state index is 8.96. The van der Waals surface area contributed by atoms with Crippen LogP contribution in [0.1, 0.15) is 6.42 Å². The second-order valence-corrected chi connectivity index (χ2v) is 4.02. The van der Waals surface area contributed by atoms with Crippen molar-refractivity contribution in [3.63, 3.8) is 0 Å². The van der Waals surface area contributed by atoms with Crippen molar-refractivity contribution >= 4 is 22.8 Å². The summed E-state index contributed by atoms with van der Waals surface area (Å²) in [5, 5.41) is 12.0. The summed E-state index contributed by atoms with van der Waals surface area (Å²) in [7, 11) is 1.61. The van der Waals surface area contributed by atoms with Gasteiger partial charge in [0.1, 0.15) is 5.52 Å². The number of oxazole rings is 1. The normalized spacial score (nSPS) is 12.8. The number of hydrogen-bond acceptors (Lipinski definition) is 6. The van der Waals surface area contributed by atoms with E-state index in [1.807, 2.05) is 6.07 Å². The molecule has 1 heterocycles. The van der Waals surface area contributed by atoms with Gasteiger partial charge in [-0.1, -0.05) is 6.07 Å². The Kier molecular flexibility index (Phi) is 4.01. The highest BCUT2D eigenvalue weighted by Crippen LogP contribution is 2.24. The maximum Gasteiger partial charge on any atom is 0.296 e. The van der Waals surface area contributed by atoms with Crippen molar-refractivity contribution in [2.75, 3.05) is 31.4 Å². The van der Waals surface area contributed by atoms with Crippen molar-refractivity contribution in [1.82, 2.24) is 4.98 Å². The Morgan fingerprint density at radius 1 is 1.56 bits per heavy atom. The number of rotatable bonds is 6. The molecule has 2 aromatic rings. The number of hydrogen-bond donors (Lipinski definition) is 3. The van der Waals surface area contributed by atoms with Crippen molar-refractivity contribution in [2.45, 2.75) is 12.5 Å². The van der Waals surface area contributed by atoms with Crippen LogP contribution in [0.4, 0.5) is 11.7 Å². The summed E-state index contributed by atoms with van der Waals surface area (Å²) in [4.78, 5) is 4.28. The van der Waals surface area contributed by atoms with Crippen LogP contribution in [0.5, 0.6) is 0 Å². The number of benzene rings is 1. The van der Waals surface area contributed by atoms with Crippen LogP contribution in [0.2, 0.25) is 0 Å². The van der Waals surface area contributed by atoms with Crippen LogP contribution in [0.25, 0.3) is 11.1 Å². The number of nitrogen functional groups attached to an aromatic ring is 1. The van der Waals surface area contributed by atoms with Gasteiger partial charge in [0.15, 0.2) is 5.58 Å². The molecule has 1 atom stereocenters. The van der Waals surface area contributed by atoms with Gasteiger partial charge in [-0.2, -0.15) is 4.98 Å². The number of ether oxygens (including phenoxy) is 1. The van der Waals surface area contributed by atoms with Crippen molar-refractivity contribution in [1.29, 1.82) is 0 Å². The van der Waals surface area contributed by atoms with Crippen LogP contribution in [0.15, 0.2) is 22.6 Å². The molecule has 2 rings (SSSR count). The minimum atomic E-state index is -0.0470. The summed E-state index contributed by atoms with van der Waals surface area (Å²) in [5.41, 5.74) is 7.66. The van der Waals surface area contributed by atoms with Gasteiger partial charge in [-0.05, 0) is 18.6 Å². The molecular weight excluding hydrogens is 234 g/mol. The zero-order valence-corrected chi connectivity index (χ0v) is 10.2. The Morgan fingerprint density at radius 2 is 2.39 bits per heavy atom. The van der Waals surface area contributed by atoms with Gasteiger partial charge in [-0.25, -0.2) is 0 Å². The van der Waals surface area contributed by atoms with Gasteiger partial charge in [0.2, 0.25) is 0 Å². The SMILES string of the molecule is COCC(CCO)Nc1nc2c(N)cccc2o1. The molecule has 1 unspecified atom stereocenters. The summed E-state index contributed by atoms with van der Waals surface area (Å²) >= 11 is 0. The largest absolute Gasteiger partial charge is 0.423 e. The summed E-state index contributed by atoms with van der Waals surface area (Å²) in [6.45, 7) is 0.540. The molecule has 18 heavy (non-hydrogen) atoms. The zero-order valence-electron chi connectivity index (χ0n) is 10.2. The molecule has 98 valence electrons. The fourth-order valence-corrected chi connectivity index (χ4v) is 1.76. The molecule has 1 aromatic carbocycles. The van der Waals surface area contributed by atoms with Gasteiger partial charge in [-0.3, -0.25) is 0 Å². The van der Waals surface area contributed by atoms with Crippen LogP contribution in [0.3, 0.4) is 0 Å². The number of nitrogens with two attached hydrogens (primary N) is 1. The maximum atomic E-state index is 8.96. The molecule has 0 bridgehead atoms. The number of para-hydroxylation sites is 1. The van der Waals surface area contributed by atoms with E-state index in [9.17, 15) is 0 Å². The second-order valence-electron chi connectivity index (χ2n) is 4.02. The number of fused-ring (bicyclic) bond motifs is 1. The molecule has 0 aliphatic rings. The topological polar surface area (TPSA) is 93.5 Å². The summed E-state index contributed by atoms with van der Waals surface area (Å²) < 4.78 is 10.6. The first kappa shape index (κ1) is 12.7.